The summed E-state index contributed by atoms with van der Waals surface area (Å²) in [6, 6.07) is 16.7. The minimum absolute atomic E-state index is 0.308. The van der Waals surface area contributed by atoms with Crippen LogP contribution in [0.25, 0.3) is 5.57 Å². The molecule has 0 spiro atoms. The molecule has 0 fully saturated rings. The molecule has 2 amide bonds. The Hall–Kier alpha value is -3.25. The van der Waals surface area contributed by atoms with E-state index < -0.39 is 0 Å². The maximum Gasteiger partial charge on any atom is 0.272 e. The fourth-order valence-electron chi connectivity index (χ4n) is 3.60. The lowest BCUT2D eigenvalue weighted by Crippen LogP contribution is -2.32. The molecule has 2 aromatic carbocycles. The Morgan fingerprint density at radius 2 is 1.77 bits per heavy atom. The first-order chi connectivity index (χ1) is 15.0. The van der Waals surface area contributed by atoms with Gasteiger partial charge in [0.15, 0.2) is 0 Å². The van der Waals surface area contributed by atoms with Crippen molar-refractivity contribution in [2.45, 2.75) is 26.5 Å². The minimum Gasteiger partial charge on any atom is -0.494 e. The number of thioether (sulfide) groups is 1. The van der Waals surface area contributed by atoms with Crippen molar-refractivity contribution in [1.29, 1.82) is 0 Å². The van der Waals surface area contributed by atoms with Crippen molar-refractivity contribution in [2.24, 2.45) is 0 Å². The maximum atomic E-state index is 13.5. The van der Waals surface area contributed by atoms with Crippen molar-refractivity contribution in [3.63, 3.8) is 0 Å². The molecule has 1 aliphatic heterocycles. The van der Waals surface area contributed by atoms with Crippen LogP contribution in [0.2, 0.25) is 0 Å². The first-order valence-corrected chi connectivity index (χ1v) is 11.1. The molecule has 0 saturated carbocycles. The second-order valence-corrected chi connectivity index (χ2v) is 8.25. The van der Waals surface area contributed by atoms with Crippen LogP contribution < -0.4 is 9.64 Å². The summed E-state index contributed by atoms with van der Waals surface area (Å²) in [5.74, 6) is 1.30. The summed E-state index contributed by atoms with van der Waals surface area (Å²) in [6.45, 7) is 6.37. The van der Waals surface area contributed by atoms with E-state index in [4.69, 9.17) is 9.15 Å². The molecule has 0 unspecified atom stereocenters. The largest absolute Gasteiger partial charge is 0.494 e. The molecule has 158 valence electrons. The Bertz CT molecular complexity index is 1150. The van der Waals surface area contributed by atoms with E-state index in [0.29, 0.717) is 34.1 Å². The van der Waals surface area contributed by atoms with Gasteiger partial charge in [-0.15, -0.1) is 11.8 Å². The molecule has 3 aromatic rings. The van der Waals surface area contributed by atoms with Crippen LogP contribution in [0.4, 0.5) is 5.69 Å². The molecule has 0 radical (unpaired) electrons. The number of ether oxygens (including phenoxy) is 1. The second kappa shape index (κ2) is 8.86. The fraction of sp³-hybridized carbons (Fsp3) is 0.200. The summed E-state index contributed by atoms with van der Waals surface area (Å²) in [5, 5.41) is 0. The molecule has 1 aromatic heterocycles. The van der Waals surface area contributed by atoms with Crippen LogP contribution in [0.15, 0.2) is 70.2 Å². The SMILES string of the molecule is CCOc1ccc(C2=C(SCc3ccco3)C(=O)N(c3ccc(C)cc3C)C2=O)cc1. The van der Waals surface area contributed by atoms with E-state index in [9.17, 15) is 9.59 Å². The van der Waals surface area contributed by atoms with Gasteiger partial charge in [-0.1, -0.05) is 29.8 Å². The Balaban J connectivity index is 1.74. The number of carbonyl (C=O) groups is 2. The summed E-state index contributed by atoms with van der Waals surface area (Å²) in [4.78, 5) is 28.7. The third-order valence-corrected chi connectivity index (χ3v) is 6.12. The molecule has 1 aliphatic rings. The van der Waals surface area contributed by atoms with Crippen molar-refractivity contribution >= 4 is 34.8 Å². The predicted molar refractivity (Wildman–Crippen MR) is 123 cm³/mol. The summed E-state index contributed by atoms with van der Waals surface area (Å²) >= 11 is 1.32. The van der Waals surface area contributed by atoms with Crippen molar-refractivity contribution in [1.82, 2.24) is 0 Å². The zero-order valence-electron chi connectivity index (χ0n) is 17.7. The standard InChI is InChI=1S/C25H23NO4S/c1-4-29-19-10-8-18(9-11-19)22-23(31-15-20-6-5-13-30-20)25(28)26(24(22)27)21-12-7-16(2)14-17(21)3/h5-14H,4,15H2,1-3H3. The predicted octanol–water partition coefficient (Wildman–Crippen LogP) is 5.51. The number of imide groups is 1. The normalized spacial score (nSPS) is 14.0. The number of carbonyl (C=O) groups excluding carboxylic acids is 2. The van der Waals surface area contributed by atoms with E-state index in [1.54, 1.807) is 12.3 Å². The van der Waals surface area contributed by atoms with Gasteiger partial charge in [-0.2, -0.15) is 0 Å². The van der Waals surface area contributed by atoms with Crippen LogP contribution in [-0.2, 0) is 15.3 Å². The van der Waals surface area contributed by atoms with Crippen molar-refractivity contribution < 1.29 is 18.7 Å². The summed E-state index contributed by atoms with van der Waals surface area (Å²) < 4.78 is 10.9. The van der Waals surface area contributed by atoms with Crippen molar-refractivity contribution in [2.75, 3.05) is 11.5 Å². The quantitative estimate of drug-likeness (QED) is 0.460. The molecule has 0 aliphatic carbocycles. The van der Waals surface area contributed by atoms with E-state index in [-0.39, 0.29) is 11.8 Å². The topological polar surface area (TPSA) is 59.8 Å². The molecular weight excluding hydrogens is 410 g/mol. The third-order valence-electron chi connectivity index (χ3n) is 5.03. The van der Waals surface area contributed by atoms with Gasteiger partial charge in [0.25, 0.3) is 11.8 Å². The van der Waals surface area contributed by atoms with Gasteiger partial charge in [0.2, 0.25) is 0 Å². The van der Waals surface area contributed by atoms with Crippen molar-refractivity contribution in [3.8, 4) is 5.75 Å². The van der Waals surface area contributed by atoms with Gasteiger partial charge >= 0.3 is 0 Å². The smallest absolute Gasteiger partial charge is 0.272 e. The number of hydrogen-bond donors (Lipinski definition) is 0. The highest BCUT2D eigenvalue weighted by molar-refractivity contribution is 8.03. The van der Waals surface area contributed by atoms with Gasteiger partial charge in [-0.25, -0.2) is 4.90 Å². The molecule has 0 bridgehead atoms. The zero-order chi connectivity index (χ0) is 22.0. The van der Waals surface area contributed by atoms with Crippen LogP contribution in [-0.4, -0.2) is 18.4 Å². The van der Waals surface area contributed by atoms with Gasteiger partial charge in [0.05, 0.1) is 34.8 Å². The van der Waals surface area contributed by atoms with Gasteiger partial charge in [0.1, 0.15) is 11.5 Å². The number of rotatable bonds is 7. The Kier molecular flexibility index (Phi) is 6.00. The summed E-state index contributed by atoms with van der Waals surface area (Å²) in [6.07, 6.45) is 1.60. The summed E-state index contributed by atoms with van der Waals surface area (Å²) in [7, 11) is 0. The second-order valence-electron chi connectivity index (χ2n) is 7.27. The lowest BCUT2D eigenvalue weighted by Gasteiger charge is -2.18. The van der Waals surface area contributed by atoms with Crippen LogP contribution in [0, 0.1) is 13.8 Å². The molecule has 5 nitrogen and oxygen atoms in total. The number of hydrogen-bond acceptors (Lipinski definition) is 5. The number of aryl methyl sites for hydroxylation is 2. The van der Waals surface area contributed by atoms with E-state index in [1.165, 1.54) is 16.7 Å². The summed E-state index contributed by atoms with van der Waals surface area (Å²) in [5.41, 5.74) is 3.66. The van der Waals surface area contributed by atoms with E-state index >= 15 is 0 Å². The molecule has 0 N–H and O–H groups in total. The van der Waals surface area contributed by atoms with E-state index in [2.05, 4.69) is 0 Å². The molecule has 6 heteroatoms. The van der Waals surface area contributed by atoms with Crippen LogP contribution >= 0.6 is 11.8 Å². The maximum absolute atomic E-state index is 13.5. The monoisotopic (exact) mass is 433 g/mol. The van der Waals surface area contributed by atoms with Gasteiger partial charge in [-0.05, 0) is 62.2 Å². The molecule has 2 heterocycles. The van der Waals surface area contributed by atoms with E-state index in [0.717, 1.165) is 22.6 Å². The van der Waals surface area contributed by atoms with Crippen molar-refractivity contribution in [3.05, 3.63) is 88.2 Å². The van der Waals surface area contributed by atoms with Gasteiger partial charge < -0.3 is 9.15 Å². The van der Waals surface area contributed by atoms with E-state index in [1.807, 2.05) is 69.3 Å². The number of furan rings is 1. The number of anilines is 1. The molecule has 0 atom stereocenters. The highest BCUT2D eigenvalue weighted by atomic mass is 32.2. The number of benzene rings is 2. The first-order valence-electron chi connectivity index (χ1n) is 10.1. The highest BCUT2D eigenvalue weighted by Gasteiger charge is 2.40. The average Bonchev–Trinajstić information content (AvgIpc) is 3.35. The molecular formula is C25H23NO4S. The Labute approximate surface area is 185 Å². The Morgan fingerprint density at radius 1 is 1.00 bits per heavy atom. The van der Waals surface area contributed by atoms with Gasteiger partial charge in [0, 0.05) is 0 Å². The zero-order valence-corrected chi connectivity index (χ0v) is 18.5. The lowest BCUT2D eigenvalue weighted by atomic mass is 10.1. The lowest BCUT2D eigenvalue weighted by molar-refractivity contribution is -0.119. The highest BCUT2D eigenvalue weighted by Crippen LogP contribution is 2.40. The molecule has 31 heavy (non-hydrogen) atoms. The van der Waals surface area contributed by atoms with Crippen LogP contribution in [0.5, 0.6) is 5.75 Å². The minimum atomic E-state index is -0.317. The first kappa shape index (κ1) is 21.0. The molecule has 0 saturated heterocycles. The average molecular weight is 434 g/mol. The number of nitrogens with zero attached hydrogens (tertiary/aromatic N) is 1. The molecule has 4 rings (SSSR count). The van der Waals surface area contributed by atoms with Gasteiger partial charge in [-0.3, -0.25) is 9.59 Å². The number of amides is 2. The fourth-order valence-corrected chi connectivity index (χ4v) is 4.61. The Morgan fingerprint density at radius 3 is 2.42 bits per heavy atom. The van der Waals surface area contributed by atoms with Crippen LogP contribution in [0.3, 0.4) is 0 Å². The van der Waals surface area contributed by atoms with Crippen LogP contribution in [0.1, 0.15) is 29.4 Å². The third kappa shape index (κ3) is 4.16.